The highest BCUT2D eigenvalue weighted by Gasteiger charge is 1.77. The molecule has 1 N–H and O–H groups in total. The van der Waals surface area contributed by atoms with E-state index in [1.807, 2.05) is 26.0 Å². The highest BCUT2D eigenvalue weighted by atomic mass is 16.3. The summed E-state index contributed by atoms with van der Waals surface area (Å²) in [5.74, 6) is 0.0937. The molecule has 0 saturated carbocycles. The first-order valence-electron chi connectivity index (χ1n) is 2.85. The summed E-state index contributed by atoms with van der Waals surface area (Å²) in [4.78, 5) is 0. The van der Waals surface area contributed by atoms with Crippen LogP contribution >= 0.6 is 0 Å². The summed E-state index contributed by atoms with van der Waals surface area (Å²) in [6, 6.07) is 0. The number of allylic oxidation sites excluding steroid dienone is 4. The molecule has 50 valence electrons. The Kier molecular flexibility index (Phi) is 3.52. The van der Waals surface area contributed by atoms with Crippen LogP contribution in [0.3, 0.4) is 0 Å². The minimum atomic E-state index is 0.0937. The smallest absolute Gasteiger partial charge is 0.108 e. The van der Waals surface area contributed by atoms with E-state index in [1.54, 1.807) is 6.08 Å². The van der Waals surface area contributed by atoms with Crippen molar-refractivity contribution in [2.45, 2.75) is 13.8 Å². The first kappa shape index (κ1) is 8.02. The third-order valence-corrected chi connectivity index (χ3v) is 0.994. The van der Waals surface area contributed by atoms with E-state index in [1.165, 1.54) is 0 Å². The van der Waals surface area contributed by atoms with Gasteiger partial charge < -0.3 is 5.11 Å². The lowest BCUT2D eigenvalue weighted by Crippen LogP contribution is -1.69. The van der Waals surface area contributed by atoms with E-state index in [2.05, 4.69) is 6.58 Å². The Morgan fingerprint density at radius 1 is 1.44 bits per heavy atom. The van der Waals surface area contributed by atoms with Gasteiger partial charge in [-0.2, -0.15) is 0 Å². The molecule has 1 heteroatoms. The molecule has 0 aliphatic rings. The van der Waals surface area contributed by atoms with E-state index in [-0.39, 0.29) is 5.76 Å². The van der Waals surface area contributed by atoms with Crippen LogP contribution in [0.2, 0.25) is 0 Å². The van der Waals surface area contributed by atoms with E-state index in [0.29, 0.717) is 0 Å². The van der Waals surface area contributed by atoms with Crippen molar-refractivity contribution in [1.82, 2.24) is 0 Å². The molecule has 0 bridgehead atoms. The molecular formula is C8H12O. The van der Waals surface area contributed by atoms with Crippen LogP contribution in [-0.2, 0) is 0 Å². The lowest BCUT2D eigenvalue weighted by atomic mass is 10.2. The van der Waals surface area contributed by atoms with Crippen molar-refractivity contribution in [2.75, 3.05) is 0 Å². The molecule has 0 saturated heterocycles. The Hall–Kier alpha value is -0.980. The van der Waals surface area contributed by atoms with Gasteiger partial charge >= 0.3 is 0 Å². The first-order chi connectivity index (χ1) is 4.16. The van der Waals surface area contributed by atoms with Crippen molar-refractivity contribution in [3.05, 3.63) is 36.1 Å². The van der Waals surface area contributed by atoms with Gasteiger partial charge in [-0.05, 0) is 19.9 Å². The van der Waals surface area contributed by atoms with Gasteiger partial charge in [-0.15, -0.1) is 0 Å². The fraction of sp³-hybridized carbons (Fsp3) is 0.250. The topological polar surface area (TPSA) is 20.2 Å². The summed E-state index contributed by atoms with van der Waals surface area (Å²) in [7, 11) is 0. The normalized spacial score (nSPS) is 12.4. The van der Waals surface area contributed by atoms with E-state index >= 15 is 0 Å². The SMILES string of the molecule is C=C(O)/C=C\C(C)=C\C. The summed E-state index contributed by atoms with van der Waals surface area (Å²) in [5, 5.41) is 8.59. The van der Waals surface area contributed by atoms with E-state index < -0.39 is 0 Å². The molecule has 0 spiro atoms. The fourth-order valence-electron chi connectivity index (χ4n) is 0.324. The van der Waals surface area contributed by atoms with Crippen LogP contribution in [0.15, 0.2) is 36.1 Å². The minimum absolute atomic E-state index is 0.0937. The summed E-state index contributed by atoms with van der Waals surface area (Å²) < 4.78 is 0. The Balaban J connectivity index is 3.86. The highest BCUT2D eigenvalue weighted by Crippen LogP contribution is 1.95. The van der Waals surface area contributed by atoms with Crippen LogP contribution in [0.5, 0.6) is 0 Å². The second-order valence-corrected chi connectivity index (χ2v) is 1.86. The quantitative estimate of drug-likeness (QED) is 0.443. The maximum atomic E-state index is 8.59. The Labute approximate surface area is 56.0 Å². The van der Waals surface area contributed by atoms with Crippen molar-refractivity contribution in [3.63, 3.8) is 0 Å². The molecule has 0 aliphatic carbocycles. The van der Waals surface area contributed by atoms with Gasteiger partial charge in [0.05, 0.1) is 0 Å². The molecule has 0 amide bonds. The summed E-state index contributed by atoms with van der Waals surface area (Å²) in [5.41, 5.74) is 1.12. The van der Waals surface area contributed by atoms with Gasteiger partial charge in [-0.3, -0.25) is 0 Å². The predicted octanol–water partition coefficient (Wildman–Crippen LogP) is 2.58. The van der Waals surface area contributed by atoms with Gasteiger partial charge in [-0.1, -0.05) is 24.3 Å². The molecule has 9 heavy (non-hydrogen) atoms. The van der Waals surface area contributed by atoms with Gasteiger partial charge in [0.2, 0.25) is 0 Å². The number of hydrogen-bond donors (Lipinski definition) is 1. The highest BCUT2D eigenvalue weighted by molar-refractivity contribution is 5.20. The minimum Gasteiger partial charge on any atom is -0.509 e. The molecule has 0 fully saturated rings. The zero-order valence-electron chi connectivity index (χ0n) is 5.89. The monoisotopic (exact) mass is 124 g/mol. The largest absolute Gasteiger partial charge is 0.509 e. The van der Waals surface area contributed by atoms with E-state index in [9.17, 15) is 0 Å². The molecule has 0 rings (SSSR count). The number of aliphatic hydroxyl groups excluding tert-OH is 1. The number of hydrogen-bond acceptors (Lipinski definition) is 1. The molecule has 0 atom stereocenters. The maximum absolute atomic E-state index is 8.59. The maximum Gasteiger partial charge on any atom is 0.108 e. The average Bonchev–Trinajstić information content (AvgIpc) is 1.83. The van der Waals surface area contributed by atoms with Crippen molar-refractivity contribution >= 4 is 0 Å². The van der Waals surface area contributed by atoms with Crippen molar-refractivity contribution < 1.29 is 5.11 Å². The average molecular weight is 124 g/mol. The third kappa shape index (κ3) is 4.88. The fourth-order valence-corrected chi connectivity index (χ4v) is 0.324. The second-order valence-electron chi connectivity index (χ2n) is 1.86. The van der Waals surface area contributed by atoms with Crippen molar-refractivity contribution in [3.8, 4) is 0 Å². The lowest BCUT2D eigenvalue weighted by molar-refractivity contribution is 0.435. The molecule has 0 heterocycles. The molecule has 0 aliphatic heterocycles. The van der Waals surface area contributed by atoms with Crippen LogP contribution in [-0.4, -0.2) is 5.11 Å². The standard InChI is InChI=1S/C8H12O/c1-4-7(2)5-6-8(3)9/h4-6,9H,3H2,1-2H3/b6-5-,7-4+. The van der Waals surface area contributed by atoms with E-state index in [4.69, 9.17) is 5.11 Å². The molecule has 0 aromatic carbocycles. The van der Waals surface area contributed by atoms with Crippen LogP contribution in [0.4, 0.5) is 0 Å². The Morgan fingerprint density at radius 3 is 2.33 bits per heavy atom. The van der Waals surface area contributed by atoms with Crippen LogP contribution in [0.25, 0.3) is 0 Å². The summed E-state index contributed by atoms with van der Waals surface area (Å²) >= 11 is 0. The van der Waals surface area contributed by atoms with E-state index in [0.717, 1.165) is 5.57 Å². The van der Waals surface area contributed by atoms with Crippen LogP contribution < -0.4 is 0 Å². The zero-order chi connectivity index (χ0) is 7.28. The molecule has 0 unspecified atom stereocenters. The van der Waals surface area contributed by atoms with Gasteiger partial charge in [0.15, 0.2) is 0 Å². The summed E-state index contributed by atoms with van der Waals surface area (Å²) in [6.45, 7) is 7.20. The Morgan fingerprint density at radius 2 is 2.00 bits per heavy atom. The molecule has 0 radical (unpaired) electrons. The van der Waals surface area contributed by atoms with Crippen LogP contribution in [0.1, 0.15) is 13.8 Å². The lowest BCUT2D eigenvalue weighted by Gasteiger charge is -1.86. The summed E-state index contributed by atoms with van der Waals surface area (Å²) in [6.07, 6.45) is 5.33. The predicted molar refractivity (Wildman–Crippen MR) is 40.3 cm³/mol. The molecule has 1 nitrogen and oxygen atoms in total. The third-order valence-electron chi connectivity index (χ3n) is 0.994. The van der Waals surface area contributed by atoms with Gasteiger partial charge in [-0.25, -0.2) is 0 Å². The number of rotatable bonds is 2. The zero-order valence-corrected chi connectivity index (χ0v) is 5.89. The Bertz CT molecular complexity index is 152. The molecular weight excluding hydrogens is 112 g/mol. The van der Waals surface area contributed by atoms with Gasteiger partial charge in [0.1, 0.15) is 5.76 Å². The molecule has 0 aromatic heterocycles. The molecule has 0 aromatic rings. The van der Waals surface area contributed by atoms with Crippen LogP contribution in [0, 0.1) is 0 Å². The second kappa shape index (κ2) is 3.96. The first-order valence-corrected chi connectivity index (χ1v) is 2.85. The number of aliphatic hydroxyl groups is 1. The van der Waals surface area contributed by atoms with Crippen molar-refractivity contribution in [1.29, 1.82) is 0 Å². The van der Waals surface area contributed by atoms with Gasteiger partial charge in [0.25, 0.3) is 0 Å². The van der Waals surface area contributed by atoms with Gasteiger partial charge in [0, 0.05) is 0 Å². The van der Waals surface area contributed by atoms with Crippen molar-refractivity contribution in [2.24, 2.45) is 0 Å².